The maximum atomic E-state index is 13.1. The van der Waals surface area contributed by atoms with Crippen molar-refractivity contribution in [1.82, 2.24) is 0 Å². The van der Waals surface area contributed by atoms with Crippen LogP contribution in [-0.2, 0) is 14.3 Å². The van der Waals surface area contributed by atoms with Gasteiger partial charge >= 0.3 is 0 Å². The van der Waals surface area contributed by atoms with Gasteiger partial charge in [0, 0.05) is 18.9 Å². The van der Waals surface area contributed by atoms with E-state index in [1.54, 1.807) is 32.4 Å². The van der Waals surface area contributed by atoms with Crippen molar-refractivity contribution in [2.45, 2.75) is 24.9 Å². The zero-order valence-electron chi connectivity index (χ0n) is 15.6. The summed E-state index contributed by atoms with van der Waals surface area (Å²) in [5.41, 5.74) is 0.393. The number of fused-ring (bicyclic) bond motifs is 2. The van der Waals surface area contributed by atoms with Crippen LogP contribution in [0.3, 0.4) is 0 Å². The van der Waals surface area contributed by atoms with E-state index < -0.39 is 11.5 Å². The Bertz CT molecular complexity index is 794. The van der Waals surface area contributed by atoms with Crippen molar-refractivity contribution in [3.05, 3.63) is 48.1 Å². The third kappa shape index (κ3) is 2.42. The monoisotopic (exact) mass is 356 g/mol. The third-order valence-electron chi connectivity index (χ3n) is 5.72. The standard InChI is InChI=1S/C21H24O5/c1-6-7-14-11-21(26-5)12(2)17(18(19(14)22)20(21)23)13-8-9-15(24-3)16(10-13)25-4/h6,8-12,17-18H,1,7H2,2-5H3/t12-,17+,18+,21-/m0/s1. The van der Waals surface area contributed by atoms with Gasteiger partial charge in [-0.2, -0.15) is 0 Å². The summed E-state index contributed by atoms with van der Waals surface area (Å²) in [6, 6.07) is 5.54. The first-order chi connectivity index (χ1) is 12.4. The molecule has 0 unspecified atom stereocenters. The van der Waals surface area contributed by atoms with Crippen LogP contribution in [0.15, 0.2) is 42.5 Å². The summed E-state index contributed by atoms with van der Waals surface area (Å²) < 4.78 is 16.4. The highest BCUT2D eigenvalue weighted by molar-refractivity contribution is 6.19. The summed E-state index contributed by atoms with van der Waals surface area (Å²) in [4.78, 5) is 26.1. The van der Waals surface area contributed by atoms with Gasteiger partial charge in [-0.15, -0.1) is 6.58 Å². The van der Waals surface area contributed by atoms with Crippen LogP contribution in [0, 0.1) is 11.8 Å². The Morgan fingerprint density at radius 1 is 1.15 bits per heavy atom. The number of rotatable bonds is 6. The molecule has 1 aromatic rings. The van der Waals surface area contributed by atoms with Crippen LogP contribution in [0.5, 0.6) is 11.5 Å². The smallest absolute Gasteiger partial charge is 0.180 e. The zero-order chi connectivity index (χ0) is 19.1. The molecule has 26 heavy (non-hydrogen) atoms. The van der Waals surface area contributed by atoms with Crippen molar-refractivity contribution >= 4 is 11.6 Å². The largest absolute Gasteiger partial charge is 0.493 e. The van der Waals surface area contributed by atoms with Gasteiger partial charge in [0.1, 0.15) is 5.60 Å². The lowest BCUT2D eigenvalue weighted by Crippen LogP contribution is -2.45. The van der Waals surface area contributed by atoms with Crippen molar-refractivity contribution in [1.29, 1.82) is 0 Å². The van der Waals surface area contributed by atoms with Crippen molar-refractivity contribution in [3.8, 4) is 11.5 Å². The van der Waals surface area contributed by atoms with Crippen LogP contribution in [0.1, 0.15) is 24.8 Å². The van der Waals surface area contributed by atoms with Crippen LogP contribution < -0.4 is 9.47 Å². The molecular weight excluding hydrogens is 332 g/mol. The molecule has 5 heteroatoms. The number of allylic oxidation sites excluding steroid dienone is 2. The Hall–Kier alpha value is -2.40. The SMILES string of the molecule is C=CCC1=C[C@@]2(OC)C(=O)[C@@H](C1=O)[C@@H](c1ccc(OC)c(OC)c1)[C@@H]2C. The maximum absolute atomic E-state index is 13.1. The molecule has 0 N–H and O–H groups in total. The van der Waals surface area contributed by atoms with Gasteiger partial charge in [0.05, 0.1) is 20.1 Å². The van der Waals surface area contributed by atoms with Gasteiger partial charge in [-0.25, -0.2) is 0 Å². The van der Waals surface area contributed by atoms with E-state index in [9.17, 15) is 9.59 Å². The summed E-state index contributed by atoms with van der Waals surface area (Å²) in [5, 5.41) is 0. The Labute approximate surface area is 153 Å². The molecule has 2 aliphatic carbocycles. The number of methoxy groups -OCH3 is 3. The zero-order valence-corrected chi connectivity index (χ0v) is 15.6. The van der Waals surface area contributed by atoms with Crippen LogP contribution in [0.25, 0.3) is 0 Å². The normalized spacial score (nSPS) is 30.2. The maximum Gasteiger partial charge on any atom is 0.180 e. The predicted octanol–water partition coefficient (Wildman–Crippen LogP) is 3.09. The number of carbonyl (C=O) groups is 2. The molecule has 0 heterocycles. The van der Waals surface area contributed by atoms with Gasteiger partial charge < -0.3 is 14.2 Å². The highest BCUT2D eigenvalue weighted by Gasteiger charge is 2.63. The van der Waals surface area contributed by atoms with Crippen molar-refractivity contribution in [2.24, 2.45) is 11.8 Å². The van der Waals surface area contributed by atoms with Crippen LogP contribution >= 0.6 is 0 Å². The number of ether oxygens (including phenoxy) is 3. The Kier molecular flexibility index (Phi) is 4.76. The van der Waals surface area contributed by atoms with E-state index in [4.69, 9.17) is 14.2 Å². The van der Waals surface area contributed by atoms with Gasteiger partial charge in [-0.3, -0.25) is 9.59 Å². The van der Waals surface area contributed by atoms with Crippen molar-refractivity contribution in [3.63, 3.8) is 0 Å². The van der Waals surface area contributed by atoms with E-state index in [1.807, 2.05) is 19.1 Å². The fourth-order valence-electron chi connectivity index (χ4n) is 4.40. The van der Waals surface area contributed by atoms with E-state index in [1.165, 1.54) is 7.11 Å². The number of Topliss-reactive ketones (excluding diaryl/α,β-unsaturated/α-hetero) is 2. The van der Waals surface area contributed by atoms with E-state index in [0.717, 1.165) is 5.56 Å². The van der Waals surface area contributed by atoms with Gasteiger partial charge in [-0.1, -0.05) is 19.1 Å². The lowest BCUT2D eigenvalue weighted by Gasteiger charge is -2.30. The number of ketones is 2. The fourth-order valence-corrected chi connectivity index (χ4v) is 4.40. The average Bonchev–Trinajstić information content (AvgIpc) is 2.81. The number of hydrogen-bond donors (Lipinski definition) is 0. The second kappa shape index (κ2) is 6.72. The molecule has 0 aliphatic heterocycles. The topological polar surface area (TPSA) is 61.8 Å². The van der Waals surface area contributed by atoms with Gasteiger partial charge in [-0.05, 0) is 35.8 Å². The highest BCUT2D eigenvalue weighted by Crippen LogP contribution is 2.54. The van der Waals surface area contributed by atoms with Crippen LogP contribution in [0.2, 0.25) is 0 Å². The fraction of sp³-hybridized carbons (Fsp3) is 0.429. The highest BCUT2D eigenvalue weighted by atomic mass is 16.5. The first kappa shape index (κ1) is 18.4. The molecule has 2 bridgehead atoms. The van der Waals surface area contributed by atoms with Gasteiger partial charge in [0.15, 0.2) is 23.1 Å². The third-order valence-corrected chi connectivity index (χ3v) is 5.72. The molecule has 1 fully saturated rings. The molecule has 1 aromatic carbocycles. The number of carbonyl (C=O) groups excluding carboxylic acids is 2. The molecule has 0 amide bonds. The lowest BCUT2D eigenvalue weighted by molar-refractivity contribution is -0.141. The van der Waals surface area contributed by atoms with Crippen molar-refractivity contribution < 1.29 is 23.8 Å². The molecule has 3 rings (SSSR count). The first-order valence-corrected chi connectivity index (χ1v) is 8.63. The minimum Gasteiger partial charge on any atom is -0.493 e. The van der Waals surface area contributed by atoms with Gasteiger partial charge in [0.2, 0.25) is 0 Å². The minimum atomic E-state index is -1.07. The van der Waals surface area contributed by atoms with E-state index in [-0.39, 0.29) is 23.4 Å². The lowest BCUT2D eigenvalue weighted by atomic mass is 9.80. The summed E-state index contributed by atoms with van der Waals surface area (Å²) in [7, 11) is 4.66. The van der Waals surface area contributed by atoms with Crippen molar-refractivity contribution in [2.75, 3.05) is 21.3 Å². The van der Waals surface area contributed by atoms with Crippen LogP contribution in [-0.4, -0.2) is 38.5 Å². The predicted molar refractivity (Wildman–Crippen MR) is 97.6 cm³/mol. The first-order valence-electron chi connectivity index (χ1n) is 8.63. The average molecular weight is 356 g/mol. The molecule has 2 aliphatic rings. The number of benzene rings is 1. The molecule has 0 aromatic heterocycles. The van der Waals surface area contributed by atoms with Gasteiger partial charge in [0.25, 0.3) is 0 Å². The summed E-state index contributed by atoms with van der Waals surface area (Å²) >= 11 is 0. The Balaban J connectivity index is 2.13. The summed E-state index contributed by atoms with van der Waals surface area (Å²) in [5.74, 6) is -0.332. The molecule has 1 saturated carbocycles. The second-order valence-corrected chi connectivity index (χ2v) is 6.79. The van der Waals surface area contributed by atoms with E-state index >= 15 is 0 Å². The Morgan fingerprint density at radius 2 is 1.85 bits per heavy atom. The summed E-state index contributed by atoms with van der Waals surface area (Å²) in [6.45, 7) is 5.68. The summed E-state index contributed by atoms with van der Waals surface area (Å²) in [6.07, 6.45) is 3.82. The van der Waals surface area contributed by atoms with E-state index in [0.29, 0.717) is 23.5 Å². The molecule has 4 atom stereocenters. The molecular formula is C21H24O5. The van der Waals surface area contributed by atoms with Crippen LogP contribution in [0.4, 0.5) is 0 Å². The quantitative estimate of drug-likeness (QED) is 0.579. The minimum absolute atomic E-state index is 0.133. The molecule has 0 radical (unpaired) electrons. The molecule has 0 spiro atoms. The molecule has 138 valence electrons. The number of hydrogen-bond acceptors (Lipinski definition) is 5. The molecule has 5 nitrogen and oxygen atoms in total. The Morgan fingerprint density at radius 3 is 2.42 bits per heavy atom. The molecule has 0 saturated heterocycles. The second-order valence-electron chi connectivity index (χ2n) is 6.79. The van der Waals surface area contributed by atoms with E-state index in [2.05, 4.69) is 6.58 Å².